The highest BCUT2D eigenvalue weighted by Gasteiger charge is 2.25. The minimum atomic E-state index is -0.0586. The number of hydrogen-bond acceptors (Lipinski definition) is 2. The van der Waals surface area contributed by atoms with Crippen LogP contribution in [0, 0.1) is 0 Å². The summed E-state index contributed by atoms with van der Waals surface area (Å²) in [5.41, 5.74) is 1.17. The van der Waals surface area contributed by atoms with Crippen LogP contribution < -0.4 is 0 Å². The van der Waals surface area contributed by atoms with E-state index in [1.54, 1.807) is 7.11 Å². The second-order valence-corrected chi connectivity index (χ2v) is 4.07. The fourth-order valence-corrected chi connectivity index (χ4v) is 1.84. The fourth-order valence-electron chi connectivity index (χ4n) is 1.84. The molecule has 1 aromatic rings. The van der Waals surface area contributed by atoms with Crippen molar-refractivity contribution in [2.45, 2.75) is 25.2 Å². The van der Waals surface area contributed by atoms with Crippen molar-refractivity contribution in [1.29, 1.82) is 0 Å². The van der Waals surface area contributed by atoms with E-state index in [0.717, 1.165) is 12.7 Å². The Labute approximate surface area is 91.3 Å². The van der Waals surface area contributed by atoms with Gasteiger partial charge in [0.25, 0.3) is 0 Å². The maximum atomic E-state index is 10.4. The van der Waals surface area contributed by atoms with Gasteiger partial charge >= 0.3 is 0 Å². The number of ether oxygens (including phenoxy) is 1. The second kappa shape index (κ2) is 5.66. The molecule has 0 fully saturated rings. The maximum absolute atomic E-state index is 10.4. The first kappa shape index (κ1) is 11.9. The van der Waals surface area contributed by atoms with E-state index >= 15 is 0 Å². The Balaban J connectivity index is 2.85. The first-order valence-electron chi connectivity index (χ1n) is 5.21. The molecule has 0 radical (unpaired) electrons. The molecule has 0 aromatic heterocycles. The monoisotopic (exact) mass is 206 g/mol. The van der Waals surface area contributed by atoms with Crippen LogP contribution in [0.15, 0.2) is 30.3 Å². The quantitative estimate of drug-likeness (QED) is 0.669. The summed E-state index contributed by atoms with van der Waals surface area (Å²) in [6.07, 6.45) is 2.37. The van der Waals surface area contributed by atoms with Crippen molar-refractivity contribution in [3.8, 4) is 0 Å². The third kappa shape index (κ3) is 3.17. The van der Waals surface area contributed by atoms with Crippen molar-refractivity contribution in [1.82, 2.24) is 0 Å². The predicted molar refractivity (Wildman–Crippen MR) is 61.0 cm³/mol. The minimum absolute atomic E-state index is 0.0586. The maximum Gasteiger partial charge on any atom is 0.120 e. The molecular formula is C13H18O2. The van der Waals surface area contributed by atoms with Crippen LogP contribution in [0.2, 0.25) is 0 Å². The van der Waals surface area contributed by atoms with E-state index in [0.29, 0.717) is 13.0 Å². The van der Waals surface area contributed by atoms with Gasteiger partial charge in [-0.05, 0) is 12.0 Å². The molecule has 0 saturated carbocycles. The number of carbonyl (C=O) groups is 1. The average Bonchev–Trinajstić information content (AvgIpc) is 2.28. The summed E-state index contributed by atoms with van der Waals surface area (Å²) in [6.45, 7) is 2.78. The molecule has 82 valence electrons. The summed E-state index contributed by atoms with van der Waals surface area (Å²) in [6, 6.07) is 10.2. The Bertz CT molecular complexity index is 295. The van der Waals surface area contributed by atoms with Gasteiger partial charge in [-0.3, -0.25) is 0 Å². The minimum Gasteiger partial charge on any atom is -0.384 e. The van der Waals surface area contributed by atoms with Gasteiger partial charge in [0.2, 0.25) is 0 Å². The van der Waals surface area contributed by atoms with Crippen LogP contribution in [0.25, 0.3) is 0 Å². The van der Waals surface area contributed by atoms with Crippen LogP contribution in [0.1, 0.15) is 25.3 Å². The molecule has 2 heteroatoms. The van der Waals surface area contributed by atoms with E-state index in [-0.39, 0.29) is 5.41 Å². The average molecular weight is 206 g/mol. The topological polar surface area (TPSA) is 26.3 Å². The number of carbonyl (C=O) groups excluding carboxylic acids is 1. The van der Waals surface area contributed by atoms with Crippen LogP contribution >= 0.6 is 0 Å². The summed E-state index contributed by atoms with van der Waals surface area (Å²) in [5, 5.41) is 0. The number of benzene rings is 1. The lowest BCUT2D eigenvalue weighted by Gasteiger charge is -2.28. The van der Waals surface area contributed by atoms with Gasteiger partial charge in [-0.25, -0.2) is 0 Å². The van der Waals surface area contributed by atoms with Crippen molar-refractivity contribution < 1.29 is 9.53 Å². The number of rotatable bonds is 6. The summed E-state index contributed by atoms with van der Waals surface area (Å²) in [5.74, 6) is 0. The van der Waals surface area contributed by atoms with Crippen molar-refractivity contribution in [3.63, 3.8) is 0 Å². The van der Waals surface area contributed by atoms with Crippen molar-refractivity contribution >= 4 is 6.29 Å². The van der Waals surface area contributed by atoms with Gasteiger partial charge in [0.05, 0.1) is 6.61 Å². The number of hydrogen-bond donors (Lipinski definition) is 0. The van der Waals surface area contributed by atoms with Gasteiger partial charge in [-0.2, -0.15) is 0 Å². The fraction of sp³-hybridized carbons (Fsp3) is 0.462. The molecular weight excluding hydrogens is 188 g/mol. The molecule has 0 aliphatic heterocycles. The highest BCUT2D eigenvalue weighted by molar-refractivity contribution is 5.49. The molecule has 1 unspecified atom stereocenters. The Kier molecular flexibility index (Phi) is 4.50. The van der Waals surface area contributed by atoms with Gasteiger partial charge in [-0.15, -0.1) is 0 Å². The van der Waals surface area contributed by atoms with Gasteiger partial charge in [0.15, 0.2) is 0 Å². The molecule has 0 amide bonds. The number of aldehydes is 1. The van der Waals surface area contributed by atoms with Crippen molar-refractivity contribution in [3.05, 3.63) is 35.9 Å². The lowest BCUT2D eigenvalue weighted by Crippen LogP contribution is -2.27. The molecule has 1 aromatic carbocycles. The first-order valence-corrected chi connectivity index (χ1v) is 5.21. The summed E-state index contributed by atoms with van der Waals surface area (Å²) in [7, 11) is 1.70. The second-order valence-electron chi connectivity index (χ2n) is 4.07. The van der Waals surface area contributed by atoms with Crippen LogP contribution in [-0.2, 0) is 14.9 Å². The Hall–Kier alpha value is -1.15. The molecule has 1 rings (SSSR count). The van der Waals surface area contributed by atoms with Crippen LogP contribution in [-0.4, -0.2) is 20.0 Å². The van der Waals surface area contributed by atoms with Crippen LogP contribution in [0.4, 0.5) is 0 Å². The molecule has 0 aliphatic carbocycles. The lowest BCUT2D eigenvalue weighted by atomic mass is 9.79. The zero-order valence-corrected chi connectivity index (χ0v) is 9.40. The molecule has 0 spiro atoms. The lowest BCUT2D eigenvalue weighted by molar-refractivity contribution is -0.108. The zero-order chi connectivity index (χ0) is 11.1. The normalized spacial score (nSPS) is 14.5. The van der Waals surface area contributed by atoms with E-state index in [9.17, 15) is 4.79 Å². The van der Waals surface area contributed by atoms with Crippen LogP contribution in [0.3, 0.4) is 0 Å². The standard InChI is InChI=1S/C13H18O2/c1-13(11-15-2,9-6-10-14)12-7-4-3-5-8-12/h3-5,7-8,10H,6,9,11H2,1-2H3. The first-order chi connectivity index (χ1) is 7.23. The largest absolute Gasteiger partial charge is 0.384 e. The zero-order valence-electron chi connectivity index (χ0n) is 9.40. The third-order valence-corrected chi connectivity index (χ3v) is 2.75. The Morgan fingerprint density at radius 2 is 2.00 bits per heavy atom. The summed E-state index contributed by atoms with van der Waals surface area (Å²) in [4.78, 5) is 10.4. The molecule has 2 nitrogen and oxygen atoms in total. The van der Waals surface area contributed by atoms with E-state index in [2.05, 4.69) is 19.1 Å². The Morgan fingerprint density at radius 1 is 1.33 bits per heavy atom. The smallest absolute Gasteiger partial charge is 0.120 e. The van der Waals surface area contributed by atoms with Gasteiger partial charge in [0.1, 0.15) is 6.29 Å². The van der Waals surface area contributed by atoms with E-state index in [4.69, 9.17) is 4.74 Å². The van der Waals surface area contributed by atoms with Crippen molar-refractivity contribution in [2.75, 3.05) is 13.7 Å². The predicted octanol–water partition coefficient (Wildman–Crippen LogP) is 2.57. The molecule has 15 heavy (non-hydrogen) atoms. The SMILES string of the molecule is COCC(C)(CCC=O)c1ccccc1. The van der Waals surface area contributed by atoms with Gasteiger partial charge in [-0.1, -0.05) is 37.3 Å². The Morgan fingerprint density at radius 3 is 2.53 bits per heavy atom. The highest BCUT2D eigenvalue weighted by atomic mass is 16.5. The number of methoxy groups -OCH3 is 1. The summed E-state index contributed by atoms with van der Waals surface area (Å²) < 4.78 is 5.24. The van der Waals surface area contributed by atoms with E-state index in [1.165, 1.54) is 5.56 Å². The van der Waals surface area contributed by atoms with Crippen molar-refractivity contribution in [2.24, 2.45) is 0 Å². The van der Waals surface area contributed by atoms with E-state index in [1.807, 2.05) is 18.2 Å². The van der Waals surface area contributed by atoms with Gasteiger partial charge in [0, 0.05) is 18.9 Å². The molecule has 0 aliphatic rings. The van der Waals surface area contributed by atoms with Gasteiger partial charge < -0.3 is 9.53 Å². The highest BCUT2D eigenvalue weighted by Crippen LogP contribution is 2.28. The van der Waals surface area contributed by atoms with Crippen LogP contribution in [0.5, 0.6) is 0 Å². The van der Waals surface area contributed by atoms with E-state index < -0.39 is 0 Å². The third-order valence-electron chi connectivity index (χ3n) is 2.75. The molecule has 0 bridgehead atoms. The molecule has 0 saturated heterocycles. The molecule has 0 N–H and O–H groups in total. The molecule has 0 heterocycles. The summed E-state index contributed by atoms with van der Waals surface area (Å²) >= 11 is 0. The molecule has 1 atom stereocenters.